The van der Waals surface area contributed by atoms with Crippen LogP contribution in [0.25, 0.3) is 0 Å². The number of carbonyl (C=O) groups is 1. The van der Waals surface area contributed by atoms with Crippen LogP contribution in [0.1, 0.15) is 12.5 Å². The standard InChI is InChI=1S/C17H18FNO4S/c1-3-13-4-8-15(9-5-13)19(12-17(20)23-2)24(21,22)16-10-6-14(18)7-11-16/h4-11H,3,12H2,1-2H3. The van der Waals surface area contributed by atoms with Crippen molar-refractivity contribution in [3.63, 3.8) is 0 Å². The van der Waals surface area contributed by atoms with Gasteiger partial charge in [0.2, 0.25) is 0 Å². The van der Waals surface area contributed by atoms with Gasteiger partial charge in [0.25, 0.3) is 10.0 Å². The lowest BCUT2D eigenvalue weighted by molar-refractivity contribution is -0.138. The molecule has 0 aliphatic carbocycles. The highest BCUT2D eigenvalue weighted by Crippen LogP contribution is 2.24. The molecule has 0 fully saturated rings. The fourth-order valence-corrected chi connectivity index (χ4v) is 3.54. The normalized spacial score (nSPS) is 11.1. The van der Waals surface area contributed by atoms with Gasteiger partial charge >= 0.3 is 5.97 Å². The van der Waals surface area contributed by atoms with Crippen LogP contribution in [0, 0.1) is 5.82 Å². The van der Waals surface area contributed by atoms with Crippen molar-refractivity contribution in [3.8, 4) is 0 Å². The van der Waals surface area contributed by atoms with Crippen molar-refractivity contribution in [2.75, 3.05) is 18.0 Å². The van der Waals surface area contributed by atoms with Crippen LogP contribution in [0.3, 0.4) is 0 Å². The van der Waals surface area contributed by atoms with Gasteiger partial charge in [0.1, 0.15) is 12.4 Å². The van der Waals surface area contributed by atoms with E-state index in [-0.39, 0.29) is 4.90 Å². The van der Waals surface area contributed by atoms with Crippen molar-refractivity contribution in [1.82, 2.24) is 0 Å². The van der Waals surface area contributed by atoms with Crippen molar-refractivity contribution in [2.24, 2.45) is 0 Å². The molecule has 0 N–H and O–H groups in total. The maximum absolute atomic E-state index is 13.1. The third-order valence-electron chi connectivity index (χ3n) is 3.53. The number of anilines is 1. The lowest BCUT2D eigenvalue weighted by atomic mass is 10.1. The smallest absolute Gasteiger partial charge is 0.326 e. The van der Waals surface area contributed by atoms with Gasteiger partial charge in [-0.05, 0) is 48.4 Å². The van der Waals surface area contributed by atoms with E-state index in [9.17, 15) is 17.6 Å². The Morgan fingerprint density at radius 2 is 1.67 bits per heavy atom. The summed E-state index contributed by atoms with van der Waals surface area (Å²) in [6.45, 7) is 1.51. The van der Waals surface area contributed by atoms with Crippen LogP contribution < -0.4 is 4.31 Å². The van der Waals surface area contributed by atoms with E-state index in [4.69, 9.17) is 0 Å². The Kier molecular flexibility index (Phi) is 5.56. The molecule has 7 heteroatoms. The Hall–Kier alpha value is -2.41. The van der Waals surface area contributed by atoms with E-state index < -0.39 is 28.4 Å². The molecule has 2 rings (SSSR count). The molecular formula is C17H18FNO4S. The van der Waals surface area contributed by atoms with Gasteiger partial charge in [-0.3, -0.25) is 9.10 Å². The van der Waals surface area contributed by atoms with Crippen LogP contribution in [0.2, 0.25) is 0 Å². The largest absolute Gasteiger partial charge is 0.468 e. The van der Waals surface area contributed by atoms with Gasteiger partial charge in [-0.15, -0.1) is 0 Å². The molecule has 0 heterocycles. The molecule has 24 heavy (non-hydrogen) atoms. The second kappa shape index (κ2) is 7.44. The van der Waals surface area contributed by atoms with Crippen molar-refractivity contribution in [2.45, 2.75) is 18.2 Å². The molecule has 2 aromatic rings. The van der Waals surface area contributed by atoms with E-state index in [1.807, 2.05) is 6.92 Å². The Labute approximate surface area is 140 Å². The van der Waals surface area contributed by atoms with E-state index in [0.29, 0.717) is 5.69 Å². The average Bonchev–Trinajstić information content (AvgIpc) is 2.59. The van der Waals surface area contributed by atoms with E-state index in [1.165, 1.54) is 7.11 Å². The van der Waals surface area contributed by atoms with Gasteiger partial charge in [-0.25, -0.2) is 12.8 Å². The minimum Gasteiger partial charge on any atom is -0.468 e. The zero-order valence-electron chi connectivity index (χ0n) is 13.4. The average molecular weight is 351 g/mol. The van der Waals surface area contributed by atoms with Crippen LogP contribution in [-0.4, -0.2) is 28.0 Å². The molecule has 0 radical (unpaired) electrons. The van der Waals surface area contributed by atoms with Gasteiger partial charge in [-0.1, -0.05) is 19.1 Å². The Morgan fingerprint density at radius 3 is 2.17 bits per heavy atom. The Bertz CT molecular complexity index is 801. The minimum absolute atomic E-state index is 0.104. The lowest BCUT2D eigenvalue weighted by Gasteiger charge is -2.23. The number of nitrogens with zero attached hydrogens (tertiary/aromatic N) is 1. The highest BCUT2D eigenvalue weighted by Gasteiger charge is 2.27. The first-order chi connectivity index (χ1) is 11.4. The second-order valence-electron chi connectivity index (χ2n) is 5.06. The van der Waals surface area contributed by atoms with Gasteiger partial charge in [-0.2, -0.15) is 0 Å². The summed E-state index contributed by atoms with van der Waals surface area (Å²) in [6.07, 6.45) is 0.808. The molecule has 0 saturated carbocycles. The molecule has 0 aliphatic rings. The summed E-state index contributed by atoms with van der Waals surface area (Å²) in [4.78, 5) is 11.6. The number of ether oxygens (including phenoxy) is 1. The van der Waals surface area contributed by atoms with Crippen LogP contribution in [-0.2, 0) is 26.0 Å². The fraction of sp³-hybridized carbons (Fsp3) is 0.235. The molecule has 0 amide bonds. The van der Waals surface area contributed by atoms with Crippen molar-refractivity contribution in [1.29, 1.82) is 0 Å². The predicted octanol–water partition coefficient (Wildman–Crippen LogP) is 2.76. The molecule has 0 aromatic heterocycles. The van der Waals surface area contributed by atoms with Gasteiger partial charge in [0, 0.05) is 0 Å². The molecular weight excluding hydrogens is 333 g/mol. The third-order valence-corrected chi connectivity index (χ3v) is 5.32. The quantitative estimate of drug-likeness (QED) is 0.751. The number of carbonyl (C=O) groups excluding carboxylic acids is 1. The van der Waals surface area contributed by atoms with E-state index >= 15 is 0 Å². The summed E-state index contributed by atoms with van der Waals surface area (Å²) in [7, 11) is -2.84. The predicted molar refractivity (Wildman–Crippen MR) is 88.8 cm³/mol. The monoisotopic (exact) mass is 351 g/mol. The number of hydrogen-bond donors (Lipinski definition) is 0. The van der Waals surface area contributed by atoms with Crippen LogP contribution >= 0.6 is 0 Å². The number of rotatable bonds is 6. The topological polar surface area (TPSA) is 63.7 Å². The minimum atomic E-state index is -4.03. The fourth-order valence-electron chi connectivity index (χ4n) is 2.13. The third kappa shape index (κ3) is 3.91. The van der Waals surface area contributed by atoms with Crippen LogP contribution in [0.5, 0.6) is 0 Å². The first kappa shape index (κ1) is 17.9. The number of esters is 1. The number of halogens is 1. The van der Waals surface area contributed by atoms with Crippen molar-refractivity contribution >= 4 is 21.7 Å². The van der Waals surface area contributed by atoms with Crippen LogP contribution in [0.4, 0.5) is 10.1 Å². The van der Waals surface area contributed by atoms with E-state index in [1.54, 1.807) is 24.3 Å². The first-order valence-corrected chi connectivity index (χ1v) is 8.76. The Balaban J connectivity index is 2.47. The second-order valence-corrected chi connectivity index (χ2v) is 6.92. The van der Waals surface area contributed by atoms with Crippen LogP contribution in [0.15, 0.2) is 53.4 Å². The number of hydrogen-bond acceptors (Lipinski definition) is 4. The molecule has 2 aromatic carbocycles. The summed E-state index contributed by atoms with van der Waals surface area (Å²) in [5.74, 6) is -1.24. The first-order valence-electron chi connectivity index (χ1n) is 7.32. The SMILES string of the molecule is CCc1ccc(N(CC(=O)OC)S(=O)(=O)c2ccc(F)cc2)cc1. The summed E-state index contributed by atoms with van der Waals surface area (Å²) in [5.41, 5.74) is 1.37. The van der Waals surface area contributed by atoms with Crippen molar-refractivity contribution < 1.29 is 22.3 Å². The highest BCUT2D eigenvalue weighted by atomic mass is 32.2. The highest BCUT2D eigenvalue weighted by molar-refractivity contribution is 7.92. The van der Waals surface area contributed by atoms with Crippen molar-refractivity contribution in [3.05, 3.63) is 59.9 Å². The maximum Gasteiger partial charge on any atom is 0.326 e. The number of sulfonamides is 1. The summed E-state index contributed by atoms with van der Waals surface area (Å²) >= 11 is 0. The van der Waals surface area contributed by atoms with Gasteiger partial charge in [0.05, 0.1) is 17.7 Å². The molecule has 0 unspecified atom stereocenters. The zero-order chi connectivity index (χ0) is 17.7. The number of benzene rings is 2. The van der Waals surface area contributed by atoms with Gasteiger partial charge in [0.15, 0.2) is 0 Å². The molecule has 5 nitrogen and oxygen atoms in total. The molecule has 0 bridgehead atoms. The molecule has 0 atom stereocenters. The van der Waals surface area contributed by atoms with E-state index in [2.05, 4.69) is 4.74 Å². The summed E-state index contributed by atoms with van der Waals surface area (Å²) < 4.78 is 44.3. The number of methoxy groups -OCH3 is 1. The molecule has 0 spiro atoms. The molecule has 0 aliphatic heterocycles. The van der Waals surface area contributed by atoms with E-state index in [0.717, 1.165) is 40.6 Å². The maximum atomic E-state index is 13.1. The zero-order valence-corrected chi connectivity index (χ0v) is 14.2. The van der Waals surface area contributed by atoms with Gasteiger partial charge < -0.3 is 4.74 Å². The number of aryl methyl sites for hydroxylation is 1. The summed E-state index contributed by atoms with van der Waals surface area (Å²) in [6, 6.07) is 11.3. The molecule has 0 saturated heterocycles. The Morgan fingerprint density at radius 1 is 1.08 bits per heavy atom. The lowest BCUT2D eigenvalue weighted by Crippen LogP contribution is -2.36. The molecule has 128 valence electrons. The summed E-state index contributed by atoms with van der Waals surface area (Å²) in [5, 5.41) is 0.